The van der Waals surface area contributed by atoms with Gasteiger partial charge in [-0.05, 0) is 44.5 Å². The summed E-state index contributed by atoms with van der Waals surface area (Å²) in [4.78, 5) is 23.6. The fraction of sp³-hybridized carbons (Fsp3) is 0.353. The number of hydrogen-bond donors (Lipinski definition) is 2. The van der Waals surface area contributed by atoms with Gasteiger partial charge in [0.15, 0.2) is 0 Å². The van der Waals surface area contributed by atoms with Gasteiger partial charge >= 0.3 is 0 Å². The molecule has 0 aliphatic rings. The van der Waals surface area contributed by atoms with Gasteiger partial charge in [0.1, 0.15) is 0 Å². The Morgan fingerprint density at radius 3 is 2.38 bits per heavy atom. The van der Waals surface area contributed by atoms with E-state index in [1.165, 1.54) is 0 Å². The van der Waals surface area contributed by atoms with Crippen LogP contribution in [0.2, 0.25) is 5.02 Å². The van der Waals surface area contributed by atoms with E-state index < -0.39 is 0 Å². The second-order valence-corrected chi connectivity index (χ2v) is 5.85. The second kappa shape index (κ2) is 7.97. The zero-order valence-electron chi connectivity index (χ0n) is 14.0. The highest BCUT2D eigenvalue weighted by atomic mass is 35.5. The van der Waals surface area contributed by atoms with Gasteiger partial charge in [-0.1, -0.05) is 18.5 Å². The van der Waals surface area contributed by atoms with Crippen LogP contribution in [-0.4, -0.2) is 34.7 Å². The van der Waals surface area contributed by atoms with Crippen molar-refractivity contribution >= 4 is 23.4 Å². The molecule has 128 valence electrons. The molecule has 2 N–H and O–H groups in total. The van der Waals surface area contributed by atoms with Crippen LogP contribution in [0.3, 0.4) is 0 Å². The number of carbonyl (C=O) groups excluding carboxylic acids is 2. The smallest absolute Gasteiger partial charge is 0.251 e. The van der Waals surface area contributed by atoms with Crippen molar-refractivity contribution in [3.8, 4) is 5.69 Å². The molecule has 0 atom stereocenters. The van der Waals surface area contributed by atoms with E-state index in [2.05, 4.69) is 15.7 Å². The monoisotopic (exact) mass is 348 g/mol. The predicted octanol–water partition coefficient (Wildman–Crippen LogP) is 2.40. The Kier molecular flexibility index (Phi) is 5.98. The van der Waals surface area contributed by atoms with Crippen LogP contribution in [0.4, 0.5) is 0 Å². The van der Waals surface area contributed by atoms with E-state index in [9.17, 15) is 9.59 Å². The number of hydrogen-bond acceptors (Lipinski definition) is 3. The van der Waals surface area contributed by atoms with Gasteiger partial charge in [-0.15, -0.1) is 0 Å². The van der Waals surface area contributed by atoms with Crippen LogP contribution in [0, 0.1) is 13.8 Å². The normalized spacial score (nSPS) is 10.5. The van der Waals surface area contributed by atoms with Gasteiger partial charge in [-0.3, -0.25) is 9.59 Å². The van der Waals surface area contributed by atoms with Crippen LogP contribution in [0.15, 0.2) is 24.3 Å². The fourth-order valence-corrected chi connectivity index (χ4v) is 2.34. The minimum Gasteiger partial charge on any atom is -0.355 e. The van der Waals surface area contributed by atoms with E-state index in [4.69, 9.17) is 11.6 Å². The Bertz CT molecular complexity index is 738. The van der Waals surface area contributed by atoms with E-state index in [0.29, 0.717) is 17.1 Å². The first-order valence-corrected chi connectivity index (χ1v) is 8.19. The molecule has 0 fully saturated rings. The highest BCUT2D eigenvalue weighted by Crippen LogP contribution is 2.22. The third kappa shape index (κ3) is 4.14. The third-order valence-corrected chi connectivity index (χ3v) is 4.11. The summed E-state index contributed by atoms with van der Waals surface area (Å²) in [6, 6.07) is 6.97. The van der Waals surface area contributed by atoms with Crippen molar-refractivity contribution in [3.05, 3.63) is 46.2 Å². The van der Waals surface area contributed by atoms with Crippen molar-refractivity contribution < 1.29 is 9.59 Å². The van der Waals surface area contributed by atoms with Gasteiger partial charge in [-0.2, -0.15) is 5.10 Å². The minimum absolute atomic E-state index is 0.0341. The van der Waals surface area contributed by atoms with E-state index in [1.54, 1.807) is 28.9 Å². The molecule has 2 amide bonds. The number of aromatic nitrogens is 2. The van der Waals surface area contributed by atoms with Crippen LogP contribution in [0.25, 0.3) is 5.69 Å². The molecule has 2 aromatic rings. The van der Waals surface area contributed by atoms with E-state index in [-0.39, 0.29) is 18.4 Å². The molecule has 0 aliphatic heterocycles. The lowest BCUT2D eigenvalue weighted by Gasteiger charge is -2.08. The highest BCUT2D eigenvalue weighted by Gasteiger charge is 2.12. The molecule has 6 nitrogen and oxygen atoms in total. The van der Waals surface area contributed by atoms with Crippen molar-refractivity contribution in [1.82, 2.24) is 20.4 Å². The quantitative estimate of drug-likeness (QED) is 0.841. The Labute approximate surface area is 146 Å². The zero-order valence-corrected chi connectivity index (χ0v) is 14.8. The van der Waals surface area contributed by atoms with Crippen LogP contribution < -0.4 is 10.6 Å². The molecule has 0 bridgehead atoms. The predicted molar refractivity (Wildman–Crippen MR) is 93.7 cm³/mol. The Morgan fingerprint density at radius 1 is 1.17 bits per heavy atom. The summed E-state index contributed by atoms with van der Waals surface area (Å²) in [6.45, 7) is 6.27. The molecule has 0 saturated heterocycles. The molecule has 0 saturated carbocycles. The number of amides is 2. The van der Waals surface area contributed by atoms with Gasteiger partial charge in [0, 0.05) is 12.1 Å². The second-order valence-electron chi connectivity index (χ2n) is 5.48. The lowest BCUT2D eigenvalue weighted by Crippen LogP contribution is -2.37. The topological polar surface area (TPSA) is 76.0 Å². The van der Waals surface area contributed by atoms with Crippen molar-refractivity contribution in [1.29, 1.82) is 0 Å². The maximum Gasteiger partial charge on any atom is 0.251 e. The number of halogens is 1. The molecule has 2 rings (SSSR count). The van der Waals surface area contributed by atoms with E-state index >= 15 is 0 Å². The summed E-state index contributed by atoms with van der Waals surface area (Å²) >= 11 is 6.15. The molecular formula is C17H21ClN4O2. The van der Waals surface area contributed by atoms with Crippen molar-refractivity contribution in [2.24, 2.45) is 0 Å². The lowest BCUT2D eigenvalue weighted by atomic mass is 10.2. The van der Waals surface area contributed by atoms with Crippen molar-refractivity contribution in [2.75, 3.05) is 13.1 Å². The molecule has 1 heterocycles. The molecular weight excluding hydrogens is 328 g/mol. The van der Waals surface area contributed by atoms with Crippen LogP contribution >= 0.6 is 11.6 Å². The van der Waals surface area contributed by atoms with Gasteiger partial charge in [-0.25, -0.2) is 4.68 Å². The molecule has 0 aliphatic carbocycles. The Morgan fingerprint density at radius 2 is 1.83 bits per heavy atom. The zero-order chi connectivity index (χ0) is 17.7. The Hall–Kier alpha value is -2.34. The summed E-state index contributed by atoms with van der Waals surface area (Å²) in [6.07, 6.45) is 0.859. The summed E-state index contributed by atoms with van der Waals surface area (Å²) < 4.78 is 1.73. The minimum atomic E-state index is -0.292. The maximum atomic E-state index is 12.1. The number of nitrogens with zero attached hydrogens (tertiary/aromatic N) is 2. The molecule has 24 heavy (non-hydrogen) atoms. The molecule has 0 radical (unpaired) electrons. The van der Waals surface area contributed by atoms with Crippen molar-refractivity contribution in [2.45, 2.75) is 27.2 Å². The number of nitrogens with one attached hydrogen (secondary N) is 2. The number of carbonyl (C=O) groups is 2. The van der Waals surface area contributed by atoms with E-state index in [1.807, 2.05) is 20.8 Å². The molecule has 1 aromatic heterocycles. The molecule has 0 spiro atoms. The molecule has 0 unspecified atom stereocenters. The third-order valence-electron chi connectivity index (χ3n) is 3.56. The van der Waals surface area contributed by atoms with Gasteiger partial charge in [0.2, 0.25) is 5.91 Å². The first kappa shape index (κ1) is 18.0. The summed E-state index contributed by atoms with van der Waals surface area (Å²) in [5, 5.41) is 10.3. The van der Waals surface area contributed by atoms with E-state index in [0.717, 1.165) is 23.5 Å². The molecule has 1 aromatic carbocycles. The largest absolute Gasteiger partial charge is 0.355 e. The average molecular weight is 349 g/mol. The summed E-state index contributed by atoms with van der Waals surface area (Å²) in [5.74, 6) is -0.487. The molecule has 7 heteroatoms. The maximum absolute atomic E-state index is 12.1. The van der Waals surface area contributed by atoms with Crippen LogP contribution in [-0.2, 0) is 4.79 Å². The number of aryl methyl sites for hydroxylation is 1. The summed E-state index contributed by atoms with van der Waals surface area (Å²) in [5.41, 5.74) is 2.91. The lowest BCUT2D eigenvalue weighted by molar-refractivity contribution is -0.120. The van der Waals surface area contributed by atoms with Gasteiger partial charge < -0.3 is 10.6 Å². The standard InChI is InChI=1S/C17H21ClN4O2/c1-4-9-19-15(23)10-20-17(24)13-5-7-14(8-6-13)22-12(3)16(18)11(2)21-22/h5-8H,4,9-10H2,1-3H3,(H,19,23)(H,20,24). The van der Waals surface area contributed by atoms with Crippen molar-refractivity contribution in [3.63, 3.8) is 0 Å². The first-order valence-electron chi connectivity index (χ1n) is 7.81. The van der Waals surface area contributed by atoms with Crippen LogP contribution in [0.5, 0.6) is 0 Å². The number of benzene rings is 1. The number of rotatable bonds is 6. The first-order chi connectivity index (χ1) is 11.4. The van der Waals surface area contributed by atoms with Gasteiger partial charge in [0.05, 0.1) is 28.6 Å². The SMILES string of the molecule is CCCNC(=O)CNC(=O)c1ccc(-n2nc(C)c(Cl)c2C)cc1. The Balaban J connectivity index is 2.02. The highest BCUT2D eigenvalue weighted by molar-refractivity contribution is 6.31. The van der Waals surface area contributed by atoms with Gasteiger partial charge in [0.25, 0.3) is 5.91 Å². The summed E-state index contributed by atoms with van der Waals surface area (Å²) in [7, 11) is 0. The average Bonchev–Trinajstić information content (AvgIpc) is 2.85. The van der Waals surface area contributed by atoms with Crippen LogP contribution in [0.1, 0.15) is 35.1 Å². The fourth-order valence-electron chi connectivity index (χ4n) is 2.22.